The van der Waals surface area contributed by atoms with E-state index in [-0.39, 0.29) is 0 Å². The molecule has 0 atom stereocenters. The van der Waals surface area contributed by atoms with Gasteiger partial charge < -0.3 is 0 Å². The number of allylic oxidation sites excluding steroid dienone is 3. The van der Waals surface area contributed by atoms with Crippen LogP contribution in [0.3, 0.4) is 0 Å². The third kappa shape index (κ3) is 11.6. The summed E-state index contributed by atoms with van der Waals surface area (Å²) < 4.78 is 6.43. The third-order valence-corrected chi connectivity index (χ3v) is 16.5. The van der Waals surface area contributed by atoms with Gasteiger partial charge in [0, 0.05) is 71.3 Å². The lowest BCUT2D eigenvalue weighted by Gasteiger charge is -2.13. The molecule has 0 aliphatic heterocycles. The van der Waals surface area contributed by atoms with Crippen LogP contribution in [-0.2, 0) is 46.8 Å². The molecule has 0 saturated carbocycles. The van der Waals surface area contributed by atoms with Crippen molar-refractivity contribution in [1.29, 1.82) is 0 Å². The number of nitrogens with zero attached hydrogens (tertiary/aromatic N) is 12. The summed E-state index contributed by atoms with van der Waals surface area (Å²) in [6.45, 7) is 30.3. The molecule has 0 fully saturated rings. The van der Waals surface area contributed by atoms with Gasteiger partial charge in [-0.1, -0.05) is 80.8 Å². The van der Waals surface area contributed by atoms with Crippen molar-refractivity contribution in [3.05, 3.63) is 229 Å². The second-order valence-electron chi connectivity index (χ2n) is 23.8. The number of aryl methyl sites for hydroxylation is 10. The van der Waals surface area contributed by atoms with Gasteiger partial charge >= 0.3 is 0 Å². The predicted octanol–water partition coefficient (Wildman–Crippen LogP) is 12.5. The summed E-state index contributed by atoms with van der Waals surface area (Å²) in [4.78, 5) is 41.8. The molecule has 12 heteroatoms. The molecule has 0 unspecified atom stereocenters. The van der Waals surface area contributed by atoms with Crippen molar-refractivity contribution in [2.45, 2.75) is 129 Å². The van der Waals surface area contributed by atoms with Gasteiger partial charge in [0.15, 0.2) is 17.1 Å². The molecule has 6 heterocycles. The van der Waals surface area contributed by atoms with E-state index in [4.69, 9.17) is 19.9 Å². The Bertz CT molecular complexity index is 4090. The lowest BCUT2D eigenvalue weighted by atomic mass is 9.94. The van der Waals surface area contributed by atoms with E-state index in [0.29, 0.717) is 11.8 Å². The van der Waals surface area contributed by atoms with Crippen LogP contribution in [0.5, 0.6) is 0 Å². The lowest BCUT2D eigenvalue weighted by Crippen LogP contribution is -2.33. The van der Waals surface area contributed by atoms with Crippen LogP contribution in [0, 0.1) is 75.2 Å². The van der Waals surface area contributed by atoms with Crippen molar-refractivity contribution < 1.29 is 13.7 Å². The second-order valence-corrected chi connectivity index (χ2v) is 23.8. The normalized spacial score (nSPS) is 13.0. The second kappa shape index (κ2) is 23.7. The Hall–Kier alpha value is -8.64. The fourth-order valence-electron chi connectivity index (χ4n) is 11.9. The van der Waals surface area contributed by atoms with Crippen LogP contribution in [0.25, 0.3) is 50.5 Å². The maximum atomic E-state index is 4.78. The van der Waals surface area contributed by atoms with E-state index in [1.807, 2.05) is 63.1 Å². The quantitative estimate of drug-likeness (QED) is 0.130. The minimum Gasteiger partial charge on any atom is -0.258 e. The Kier molecular flexibility index (Phi) is 16.4. The summed E-state index contributed by atoms with van der Waals surface area (Å²) in [5.74, 6) is 0.953. The largest absolute Gasteiger partial charge is 0.287 e. The lowest BCUT2D eigenvalue weighted by molar-refractivity contribution is -0.664. The molecule has 3 aliphatic rings. The van der Waals surface area contributed by atoms with Gasteiger partial charge in [0.25, 0.3) is 19.0 Å². The highest BCUT2D eigenvalue weighted by Crippen LogP contribution is 2.40. The molecule has 12 rings (SSSR count). The smallest absolute Gasteiger partial charge is 0.258 e. The topological polar surface area (TPSA) is 128 Å². The first-order chi connectivity index (χ1) is 39.7. The summed E-state index contributed by atoms with van der Waals surface area (Å²) in [5.41, 5.74) is 35.2. The monoisotopic (exact) mass is 1100 g/mol. The van der Waals surface area contributed by atoms with Crippen LogP contribution in [-0.4, -0.2) is 44.9 Å². The van der Waals surface area contributed by atoms with E-state index in [1.54, 1.807) is 0 Å². The van der Waals surface area contributed by atoms with Crippen molar-refractivity contribution in [2.24, 2.45) is 27.1 Å². The highest BCUT2D eigenvalue weighted by atomic mass is 15.0. The fourth-order valence-corrected chi connectivity index (χ4v) is 11.9. The van der Waals surface area contributed by atoms with E-state index in [9.17, 15) is 0 Å². The third-order valence-electron chi connectivity index (χ3n) is 16.5. The van der Waals surface area contributed by atoms with E-state index >= 15 is 0 Å². The van der Waals surface area contributed by atoms with Crippen molar-refractivity contribution in [2.75, 3.05) is 0 Å². The molecule has 6 aromatic heterocycles. The maximum absolute atomic E-state index is 4.78. The van der Waals surface area contributed by atoms with E-state index in [0.717, 1.165) is 93.6 Å². The molecular weight excluding hydrogens is 1020 g/mol. The van der Waals surface area contributed by atoms with Crippen LogP contribution < -0.4 is 13.7 Å². The molecule has 12 nitrogen and oxygen atoms in total. The Balaban J connectivity index is 0.000000139. The number of benzene rings is 3. The van der Waals surface area contributed by atoms with E-state index in [2.05, 4.69) is 204 Å². The molecule has 3 aromatic carbocycles. The molecule has 0 saturated heterocycles. The Morgan fingerprint density at radius 3 is 1.07 bits per heavy atom. The molecule has 420 valence electrons. The number of aromatic nitrogens is 12. The Morgan fingerprint density at radius 2 is 0.759 bits per heavy atom. The molecule has 0 N–H and O–H groups in total. The number of hydrogen-bond donors (Lipinski definition) is 0. The fraction of sp³-hybridized carbons (Fsp3) is 0.324. The highest BCUT2D eigenvalue weighted by molar-refractivity contribution is 5.87. The Morgan fingerprint density at radius 1 is 0.398 bits per heavy atom. The predicted molar refractivity (Wildman–Crippen MR) is 331 cm³/mol. The van der Waals surface area contributed by atoms with Gasteiger partial charge in [-0.3, -0.25) is 29.9 Å². The van der Waals surface area contributed by atoms with Crippen molar-refractivity contribution in [1.82, 2.24) is 44.9 Å². The van der Waals surface area contributed by atoms with Crippen LogP contribution in [0.15, 0.2) is 111 Å². The molecule has 83 heavy (non-hydrogen) atoms. The number of hydrogen-bond acceptors (Lipinski definition) is 9. The van der Waals surface area contributed by atoms with Gasteiger partial charge in [0.05, 0.1) is 90.6 Å². The molecule has 3 aliphatic carbocycles. The zero-order valence-electron chi connectivity index (χ0n) is 51.7. The average Bonchev–Trinajstić information content (AvgIpc) is 4.42. The van der Waals surface area contributed by atoms with Crippen LogP contribution in [0.2, 0.25) is 0 Å². The highest BCUT2D eigenvalue weighted by Gasteiger charge is 2.33. The molecular formula is C71H79N12+3. The van der Waals surface area contributed by atoms with E-state index < -0.39 is 0 Å². The summed E-state index contributed by atoms with van der Waals surface area (Å²) in [6.07, 6.45) is 27.2. The summed E-state index contributed by atoms with van der Waals surface area (Å²) in [7, 11) is 6.23. The van der Waals surface area contributed by atoms with Gasteiger partial charge in [0.2, 0.25) is 0 Å². The SMILES string of the molecule is Cc1cc(C)c(C)c(-c2c3c(nc[n+]2C)C(c2cnc(C(C)C)cn2)=CC3)c1.Cc1cc(C)c(C)c(-c2c3c(nc[n+]2C)C(c2cnc(C)cn2)=CC3)c1.Cc1cc(C)c(C)c(-c2c3c(nc[n+]2C)C(c2cnc(CC(C)C)cn2)=CC3)c1. The van der Waals surface area contributed by atoms with Gasteiger partial charge in [-0.05, 0) is 154 Å². The van der Waals surface area contributed by atoms with E-state index in [1.165, 1.54) is 101 Å². The van der Waals surface area contributed by atoms with Gasteiger partial charge in [-0.15, -0.1) is 0 Å². The van der Waals surface area contributed by atoms with Gasteiger partial charge in [0.1, 0.15) is 17.1 Å². The molecule has 9 aromatic rings. The average molecular weight is 1100 g/mol. The Labute approximate surface area is 491 Å². The van der Waals surface area contributed by atoms with Crippen LogP contribution >= 0.6 is 0 Å². The minimum atomic E-state index is 0.378. The van der Waals surface area contributed by atoms with Gasteiger partial charge in [-0.25, -0.2) is 13.7 Å². The molecule has 0 radical (unpaired) electrons. The summed E-state index contributed by atoms with van der Waals surface area (Å²) in [6, 6.07) is 13.6. The first kappa shape index (κ1) is 57.6. The number of rotatable bonds is 9. The van der Waals surface area contributed by atoms with Crippen LogP contribution in [0.4, 0.5) is 0 Å². The maximum Gasteiger partial charge on any atom is 0.287 e. The molecule has 0 amide bonds. The van der Waals surface area contributed by atoms with Crippen molar-refractivity contribution in [3.8, 4) is 33.8 Å². The van der Waals surface area contributed by atoms with Crippen molar-refractivity contribution in [3.63, 3.8) is 0 Å². The first-order valence-electron chi connectivity index (χ1n) is 29.1. The zero-order valence-corrected chi connectivity index (χ0v) is 51.7. The van der Waals surface area contributed by atoms with Crippen molar-refractivity contribution >= 4 is 16.7 Å². The molecule has 0 bridgehead atoms. The molecule has 0 spiro atoms. The standard InChI is InChI=1S/C25H29N4.C24H27N4.C22H23N4/c1-15(2)9-19-12-27-23(13-26-19)20-7-8-21-24(20)28-14-29(6)25(21)22-11-16(3)10-17(4)18(22)5;1-14(2)21-11-26-22(12-25-21)18-7-8-19-23(18)27-13-28(6)24(19)20-10-15(3)9-16(4)17(20)5;1-13-8-14(2)16(4)19(9-13)22-18-7-6-17(21(18)25-12-26(22)5)20-11-23-15(3)10-24-20/h7,10-15H,8-9H2,1-6H3;7,9-14H,8H2,1-6H3;6,8-12H,7H2,1-5H3/q3*+1. The first-order valence-corrected chi connectivity index (χ1v) is 29.1. The van der Waals surface area contributed by atoms with Gasteiger partial charge in [-0.2, -0.15) is 0 Å². The minimum absolute atomic E-state index is 0.378. The summed E-state index contributed by atoms with van der Waals surface area (Å²) in [5, 5.41) is 0. The summed E-state index contributed by atoms with van der Waals surface area (Å²) >= 11 is 0. The van der Waals surface area contributed by atoms with Crippen LogP contribution in [0.1, 0.15) is 152 Å². The number of fused-ring (bicyclic) bond motifs is 3. The zero-order chi connectivity index (χ0) is 59.1.